The highest BCUT2D eigenvalue weighted by atomic mass is 16.5. The summed E-state index contributed by atoms with van der Waals surface area (Å²) < 4.78 is 10.8. The monoisotopic (exact) mass is 276 g/mol. The van der Waals surface area contributed by atoms with Crippen LogP contribution in [0.3, 0.4) is 0 Å². The van der Waals surface area contributed by atoms with E-state index in [1.807, 2.05) is 39.8 Å². The Bertz CT molecular complexity index is 578. The number of hydrogen-bond acceptors (Lipinski definition) is 6. The number of ether oxygens (including phenoxy) is 1. The average Bonchev–Trinajstić information content (AvgIpc) is 2.87. The molecule has 0 radical (unpaired) electrons. The molecule has 0 aliphatic rings. The minimum absolute atomic E-state index is 0.0993. The zero-order chi connectivity index (χ0) is 14.8. The van der Waals surface area contributed by atoms with E-state index >= 15 is 0 Å². The van der Waals surface area contributed by atoms with E-state index in [2.05, 4.69) is 15.1 Å². The second kappa shape index (κ2) is 5.68. The number of nitrogens with zero attached hydrogens (tertiary/aromatic N) is 3. The molecule has 1 unspecified atom stereocenters. The van der Waals surface area contributed by atoms with Gasteiger partial charge in [-0.2, -0.15) is 4.98 Å². The molecule has 0 bridgehead atoms. The van der Waals surface area contributed by atoms with Crippen LogP contribution in [0, 0.1) is 6.92 Å². The number of aromatic nitrogens is 3. The van der Waals surface area contributed by atoms with Crippen LogP contribution in [0.15, 0.2) is 22.9 Å². The van der Waals surface area contributed by atoms with E-state index in [-0.39, 0.29) is 6.10 Å². The van der Waals surface area contributed by atoms with Crippen LogP contribution in [-0.4, -0.2) is 27.8 Å². The van der Waals surface area contributed by atoms with Crippen molar-refractivity contribution in [3.63, 3.8) is 0 Å². The van der Waals surface area contributed by atoms with Gasteiger partial charge in [0.2, 0.25) is 0 Å². The van der Waals surface area contributed by atoms with Crippen LogP contribution >= 0.6 is 0 Å². The zero-order valence-electron chi connectivity index (χ0n) is 12.3. The Morgan fingerprint density at radius 3 is 2.85 bits per heavy atom. The van der Waals surface area contributed by atoms with Gasteiger partial charge >= 0.3 is 0 Å². The Hall–Kier alpha value is -1.79. The van der Waals surface area contributed by atoms with Gasteiger partial charge in [0.25, 0.3) is 5.89 Å². The predicted molar refractivity (Wildman–Crippen MR) is 74.9 cm³/mol. The molecule has 2 heterocycles. The molecule has 2 aromatic heterocycles. The molecule has 0 spiro atoms. The molecule has 0 saturated heterocycles. The number of pyridine rings is 1. The first kappa shape index (κ1) is 14.6. The van der Waals surface area contributed by atoms with Gasteiger partial charge in [-0.05, 0) is 39.3 Å². The Labute approximate surface area is 118 Å². The van der Waals surface area contributed by atoms with Crippen LogP contribution in [-0.2, 0) is 10.3 Å². The molecule has 1 atom stereocenters. The van der Waals surface area contributed by atoms with Crippen molar-refractivity contribution in [3.8, 4) is 11.6 Å². The highest BCUT2D eigenvalue weighted by molar-refractivity contribution is 5.51. The Morgan fingerprint density at radius 1 is 1.45 bits per heavy atom. The maximum absolute atomic E-state index is 6.19. The van der Waals surface area contributed by atoms with Crippen molar-refractivity contribution in [1.82, 2.24) is 15.1 Å². The molecular formula is C14H20N4O2. The number of hydrogen-bond donors (Lipinski definition) is 1. The lowest BCUT2D eigenvalue weighted by molar-refractivity contribution is 0.0410. The fraction of sp³-hybridized carbons (Fsp3) is 0.500. The summed E-state index contributed by atoms with van der Waals surface area (Å²) in [5.41, 5.74) is 7.03. The summed E-state index contributed by atoms with van der Waals surface area (Å²) in [6, 6.07) is 3.80. The molecule has 0 amide bonds. The Morgan fingerprint density at radius 2 is 2.20 bits per heavy atom. The summed E-state index contributed by atoms with van der Waals surface area (Å²) >= 11 is 0. The van der Waals surface area contributed by atoms with Crippen LogP contribution in [0.2, 0.25) is 0 Å². The molecule has 108 valence electrons. The van der Waals surface area contributed by atoms with E-state index in [1.165, 1.54) is 0 Å². The van der Waals surface area contributed by atoms with Crippen molar-refractivity contribution in [2.75, 3.05) is 6.61 Å². The molecule has 0 fully saturated rings. The minimum atomic E-state index is -0.797. The molecule has 0 aliphatic carbocycles. The number of nitrogens with two attached hydrogens (primary N) is 1. The first-order valence-corrected chi connectivity index (χ1v) is 6.57. The van der Waals surface area contributed by atoms with Gasteiger partial charge in [0.05, 0.1) is 12.7 Å². The third kappa shape index (κ3) is 3.20. The number of rotatable bonds is 5. The lowest BCUT2D eigenvalue weighted by Gasteiger charge is -2.21. The van der Waals surface area contributed by atoms with Crippen molar-refractivity contribution >= 4 is 0 Å². The molecule has 6 nitrogen and oxygen atoms in total. The Balaban J connectivity index is 2.22. The van der Waals surface area contributed by atoms with Crippen LogP contribution in [0.5, 0.6) is 0 Å². The molecule has 6 heteroatoms. The summed E-state index contributed by atoms with van der Waals surface area (Å²) in [5.74, 6) is 0.789. The molecule has 0 aromatic carbocycles. The fourth-order valence-electron chi connectivity index (χ4n) is 1.67. The topological polar surface area (TPSA) is 87.1 Å². The molecular weight excluding hydrogens is 256 g/mol. The van der Waals surface area contributed by atoms with Gasteiger partial charge in [0.1, 0.15) is 11.2 Å². The second-order valence-electron chi connectivity index (χ2n) is 5.37. The lowest BCUT2D eigenvalue weighted by atomic mass is 10.1. The van der Waals surface area contributed by atoms with E-state index in [4.69, 9.17) is 15.0 Å². The lowest BCUT2D eigenvalue weighted by Crippen LogP contribution is -2.40. The maximum Gasteiger partial charge on any atom is 0.276 e. The first-order chi connectivity index (χ1) is 9.40. The quantitative estimate of drug-likeness (QED) is 0.899. The van der Waals surface area contributed by atoms with Crippen LogP contribution < -0.4 is 5.73 Å². The van der Waals surface area contributed by atoms with Gasteiger partial charge in [-0.3, -0.25) is 4.98 Å². The summed E-state index contributed by atoms with van der Waals surface area (Å²) in [4.78, 5) is 8.60. The first-order valence-electron chi connectivity index (χ1n) is 6.57. The standard InChI is InChI=1S/C14H20N4O2/c1-9(2)19-8-14(4,15)13-17-12(20-18-13)11-10(3)6-5-7-16-11/h5-7,9H,8,15H2,1-4H3. The SMILES string of the molecule is Cc1cccnc1-c1nc(C(C)(N)COC(C)C)no1. The van der Waals surface area contributed by atoms with Gasteiger partial charge in [-0.25, -0.2) is 0 Å². The zero-order valence-corrected chi connectivity index (χ0v) is 12.3. The van der Waals surface area contributed by atoms with Gasteiger partial charge in [0, 0.05) is 6.20 Å². The van der Waals surface area contributed by atoms with E-state index in [9.17, 15) is 0 Å². The van der Waals surface area contributed by atoms with Crippen molar-refractivity contribution in [2.24, 2.45) is 5.73 Å². The minimum Gasteiger partial charge on any atom is -0.376 e. The van der Waals surface area contributed by atoms with Crippen LogP contribution in [0.1, 0.15) is 32.2 Å². The van der Waals surface area contributed by atoms with E-state index in [0.29, 0.717) is 24.0 Å². The van der Waals surface area contributed by atoms with Crippen molar-refractivity contribution < 1.29 is 9.26 Å². The molecule has 20 heavy (non-hydrogen) atoms. The average molecular weight is 276 g/mol. The largest absolute Gasteiger partial charge is 0.376 e. The van der Waals surface area contributed by atoms with Gasteiger partial charge < -0.3 is 15.0 Å². The molecule has 2 aromatic rings. The Kier molecular flexibility index (Phi) is 4.15. The second-order valence-corrected chi connectivity index (χ2v) is 5.37. The van der Waals surface area contributed by atoms with Crippen LogP contribution in [0.25, 0.3) is 11.6 Å². The van der Waals surface area contributed by atoms with Gasteiger partial charge in [-0.15, -0.1) is 0 Å². The summed E-state index contributed by atoms with van der Waals surface area (Å²) in [6.07, 6.45) is 1.79. The fourth-order valence-corrected chi connectivity index (χ4v) is 1.67. The normalized spacial score (nSPS) is 14.5. The molecule has 2 rings (SSSR count). The highest BCUT2D eigenvalue weighted by Crippen LogP contribution is 2.22. The summed E-state index contributed by atoms with van der Waals surface area (Å²) in [7, 11) is 0. The maximum atomic E-state index is 6.19. The predicted octanol–water partition coefficient (Wildman–Crippen LogP) is 2.04. The van der Waals surface area contributed by atoms with Crippen LogP contribution in [0.4, 0.5) is 0 Å². The van der Waals surface area contributed by atoms with Gasteiger partial charge in [0.15, 0.2) is 5.82 Å². The molecule has 0 aliphatic heterocycles. The summed E-state index contributed by atoms with van der Waals surface area (Å²) in [5, 5.41) is 3.95. The molecule has 0 saturated carbocycles. The summed E-state index contributed by atoms with van der Waals surface area (Å²) in [6.45, 7) is 7.99. The van der Waals surface area contributed by atoms with Crippen molar-refractivity contribution in [2.45, 2.75) is 39.3 Å². The van der Waals surface area contributed by atoms with Crippen molar-refractivity contribution in [3.05, 3.63) is 29.7 Å². The third-order valence-electron chi connectivity index (χ3n) is 2.87. The van der Waals surface area contributed by atoms with Crippen molar-refractivity contribution in [1.29, 1.82) is 0 Å². The number of aryl methyl sites for hydroxylation is 1. The highest BCUT2D eigenvalue weighted by Gasteiger charge is 2.29. The van der Waals surface area contributed by atoms with E-state index in [0.717, 1.165) is 5.56 Å². The van der Waals surface area contributed by atoms with E-state index in [1.54, 1.807) is 6.20 Å². The van der Waals surface area contributed by atoms with E-state index < -0.39 is 5.54 Å². The third-order valence-corrected chi connectivity index (χ3v) is 2.87. The van der Waals surface area contributed by atoms with Gasteiger partial charge in [-0.1, -0.05) is 11.2 Å². The molecule has 2 N–H and O–H groups in total. The smallest absolute Gasteiger partial charge is 0.276 e.